The predicted molar refractivity (Wildman–Crippen MR) is 115 cm³/mol. The minimum absolute atomic E-state index is 0. The van der Waals surface area contributed by atoms with Gasteiger partial charge in [-0.15, -0.1) is 4.39 Å². The van der Waals surface area contributed by atoms with Crippen LogP contribution in [0.3, 0.4) is 0 Å². The molecule has 0 bridgehead atoms. The van der Waals surface area contributed by atoms with Crippen LogP contribution >= 0.6 is 0 Å². The molecule has 0 saturated heterocycles. The molecule has 18 heteroatoms. The number of quaternary nitrogens is 2. The zero-order chi connectivity index (χ0) is 30.4. The van der Waals surface area contributed by atoms with Crippen molar-refractivity contribution in [1.29, 1.82) is 0 Å². The van der Waals surface area contributed by atoms with Crippen LogP contribution in [0.4, 0.5) is 65.8 Å². The van der Waals surface area contributed by atoms with Gasteiger partial charge in [0, 0.05) is 5.69 Å². The molecule has 0 unspecified atom stereocenters. The Bertz CT molecular complexity index is 1130. The van der Waals surface area contributed by atoms with Crippen molar-refractivity contribution >= 4 is 29.4 Å². The van der Waals surface area contributed by atoms with Gasteiger partial charge in [0.05, 0.1) is 16.7 Å². The summed E-state index contributed by atoms with van der Waals surface area (Å²) in [7, 11) is 0. The Hall–Kier alpha value is -4.41. The lowest BCUT2D eigenvalue weighted by Gasteiger charge is -2.06. The summed E-state index contributed by atoms with van der Waals surface area (Å²) in [6.07, 6.45) is -14.5. The molecule has 7 N–H and O–H groups in total. The van der Waals surface area contributed by atoms with Crippen LogP contribution in [0, 0.1) is 0 Å². The maximum absolute atomic E-state index is 12.0. The fraction of sp³-hybridized carbons (Fsp3) is 0.130. The molecule has 0 aromatic heterocycles. The minimum Gasteiger partial charge on any atom is -1.00 e. The van der Waals surface area contributed by atoms with E-state index >= 15 is 0 Å². The predicted octanol–water partition coefficient (Wildman–Crippen LogP) is -0.211. The Morgan fingerprint density at radius 1 is 0.561 bits per heavy atom. The average molecular weight is 613 g/mol. The van der Waals surface area contributed by atoms with Crippen molar-refractivity contribution in [3.05, 3.63) is 89.5 Å². The van der Waals surface area contributed by atoms with Crippen molar-refractivity contribution in [1.82, 2.24) is 0 Å². The second-order valence-electron chi connectivity index (χ2n) is 6.95. The van der Waals surface area contributed by atoms with Gasteiger partial charge in [-0.2, -0.15) is 49.1 Å². The van der Waals surface area contributed by atoms with Gasteiger partial charge in [-0.05, 0) is 72.8 Å². The van der Waals surface area contributed by atoms with E-state index in [0.29, 0.717) is 11.4 Å². The molecule has 3 rings (SSSR count). The minimum atomic E-state index is -4.43. The van der Waals surface area contributed by atoms with E-state index in [0.717, 1.165) is 48.5 Å². The first-order chi connectivity index (χ1) is 17.8. The van der Waals surface area contributed by atoms with Gasteiger partial charge in [0.25, 0.3) is 0 Å². The number of rotatable bonds is 1. The van der Waals surface area contributed by atoms with E-state index in [-0.39, 0.29) is 21.2 Å². The third-order valence-electron chi connectivity index (χ3n) is 4.02. The summed E-state index contributed by atoms with van der Waals surface area (Å²) in [4.78, 5) is 26.1. The highest BCUT2D eigenvalue weighted by Crippen LogP contribution is 2.31. The average Bonchev–Trinajstić information content (AvgIpc) is 2.79. The highest BCUT2D eigenvalue weighted by atomic mass is 19.4. The first-order valence-corrected chi connectivity index (χ1v) is 9.92. The molecule has 0 radical (unpaired) electrons. The van der Waals surface area contributed by atoms with Gasteiger partial charge in [-0.25, -0.2) is 4.79 Å². The van der Waals surface area contributed by atoms with E-state index in [9.17, 15) is 48.7 Å². The number of hydrogen-bond acceptors (Lipinski definition) is 3. The first kappa shape index (κ1) is 41.1. The zero-order valence-corrected chi connectivity index (χ0v) is 20.1. The van der Waals surface area contributed by atoms with Crippen molar-refractivity contribution in [3.63, 3.8) is 0 Å². The number of amides is 1. The number of anilines is 1. The number of hydrogen-bond donors (Lipinski definition) is 3. The van der Waals surface area contributed by atoms with Crippen LogP contribution in [0.2, 0.25) is 0 Å². The summed E-state index contributed by atoms with van der Waals surface area (Å²) < 4.78 is 119. The fourth-order valence-electron chi connectivity index (χ4n) is 2.24. The summed E-state index contributed by atoms with van der Waals surface area (Å²) in [6, 6.07) is 12.9. The van der Waals surface area contributed by atoms with E-state index in [1.54, 1.807) is 5.32 Å². The maximum Gasteiger partial charge on any atom is 0.416 e. The summed E-state index contributed by atoms with van der Waals surface area (Å²) in [5, 5.41) is 1.71. The Labute approximate surface area is 222 Å². The van der Waals surface area contributed by atoms with E-state index in [2.05, 4.69) is 11.5 Å². The van der Waals surface area contributed by atoms with Gasteiger partial charge >= 0.3 is 30.8 Å². The van der Waals surface area contributed by atoms with E-state index < -0.39 is 41.4 Å². The topological polar surface area (TPSA) is 119 Å². The van der Waals surface area contributed by atoms with Gasteiger partial charge in [0.2, 0.25) is 0 Å². The lowest BCUT2D eigenvalue weighted by atomic mass is 10.2. The number of halogens is 12. The molecule has 0 atom stereocenters. The van der Waals surface area contributed by atoms with Gasteiger partial charge < -0.3 is 20.9 Å². The Balaban J connectivity index is -0.000000496. The summed E-state index contributed by atoms with van der Waals surface area (Å²) in [6.45, 7) is 0. The second-order valence-corrected chi connectivity index (χ2v) is 6.95. The van der Waals surface area contributed by atoms with Crippen molar-refractivity contribution in [2.24, 2.45) is 0 Å². The smallest absolute Gasteiger partial charge is 0.416 e. The van der Waals surface area contributed by atoms with Crippen LogP contribution in [0.5, 0.6) is 0 Å². The third-order valence-corrected chi connectivity index (χ3v) is 4.02. The molecule has 1 amide bonds. The number of carbonyl (C=O) groups excluding carboxylic acids is 3. The molecule has 0 saturated carbocycles. The van der Waals surface area contributed by atoms with Crippen LogP contribution in [0.25, 0.3) is 0 Å². The van der Waals surface area contributed by atoms with E-state index in [1.807, 2.05) is 0 Å². The van der Waals surface area contributed by atoms with Gasteiger partial charge in [-0.1, -0.05) is 0 Å². The van der Waals surface area contributed by atoms with Crippen LogP contribution in [0.15, 0.2) is 72.8 Å². The first-order valence-electron chi connectivity index (χ1n) is 9.92. The van der Waals surface area contributed by atoms with Gasteiger partial charge in [0.15, 0.2) is 0 Å². The van der Waals surface area contributed by atoms with Crippen LogP contribution < -0.4 is 26.2 Å². The molecule has 0 aliphatic heterocycles. The maximum atomic E-state index is 12.0. The fourth-order valence-corrected chi connectivity index (χ4v) is 2.24. The largest absolute Gasteiger partial charge is 1.00 e. The highest BCUT2D eigenvalue weighted by Gasteiger charge is 2.31. The lowest BCUT2D eigenvalue weighted by molar-refractivity contribution is -0.255. The number of nitrogens with one attached hydrogen (secondary N) is 1. The van der Waals surface area contributed by atoms with Crippen LogP contribution in [-0.2, 0) is 28.1 Å². The normalized spacial score (nSPS) is 10.2. The Morgan fingerprint density at radius 3 is 0.976 bits per heavy atom. The SMILES string of the molecule is O=C(F)Nc1ccc(C(F)(F)F)cc1.O=C=O.[F-].[F-].[NH3+]c1ccc(C(F)(F)F)cc1.[NH3+]c1ccc(C(F)(F)F)cc1. The molecule has 228 valence electrons. The zero-order valence-electron chi connectivity index (χ0n) is 20.1. The van der Waals surface area contributed by atoms with Crippen LogP contribution in [-0.4, -0.2) is 12.3 Å². The molecular formula is C23H19F12N3O3. The lowest BCUT2D eigenvalue weighted by Crippen LogP contribution is -3.00. The quantitative estimate of drug-likeness (QED) is 0.200. The molecule has 3 aromatic rings. The third kappa shape index (κ3) is 17.7. The molecule has 41 heavy (non-hydrogen) atoms. The highest BCUT2D eigenvalue weighted by molar-refractivity contribution is 5.83. The summed E-state index contributed by atoms with van der Waals surface area (Å²) in [5.41, 5.74) is 5.97. The van der Waals surface area contributed by atoms with Crippen molar-refractivity contribution in [2.75, 3.05) is 5.32 Å². The Kier molecular flexibility index (Phi) is 18.1. The van der Waals surface area contributed by atoms with Crippen LogP contribution in [0.1, 0.15) is 16.7 Å². The molecule has 0 aliphatic rings. The van der Waals surface area contributed by atoms with E-state index in [4.69, 9.17) is 9.59 Å². The van der Waals surface area contributed by atoms with Gasteiger partial charge in [-0.3, -0.25) is 5.32 Å². The molecule has 6 nitrogen and oxygen atoms in total. The molecule has 0 aliphatic carbocycles. The van der Waals surface area contributed by atoms with E-state index in [1.165, 1.54) is 24.3 Å². The standard InChI is InChI=1S/C8H5F4NO.2C7H6F3N.CO2.2FH/c9-7(14)13-6-3-1-5(2-4-6)8(10,11)12;2*8-7(9,10)5-1-3-6(11)4-2-5;2-1-3;;/h1-4H,(H,13,14);2*1-4H,11H2;;2*1H. The van der Waals surface area contributed by atoms with Crippen molar-refractivity contribution in [2.45, 2.75) is 18.5 Å². The molecule has 0 heterocycles. The molecular weight excluding hydrogens is 594 g/mol. The molecule has 3 aromatic carbocycles. The molecule has 0 spiro atoms. The Morgan fingerprint density at radius 2 is 0.780 bits per heavy atom. The van der Waals surface area contributed by atoms with Gasteiger partial charge in [0.1, 0.15) is 11.4 Å². The van der Waals surface area contributed by atoms with Crippen molar-refractivity contribution in [3.8, 4) is 0 Å². The monoisotopic (exact) mass is 613 g/mol. The number of benzene rings is 3. The number of carbonyl (C=O) groups is 1. The second kappa shape index (κ2) is 18.0. The summed E-state index contributed by atoms with van der Waals surface area (Å²) in [5.74, 6) is 0. The molecule has 0 fully saturated rings. The summed E-state index contributed by atoms with van der Waals surface area (Å²) >= 11 is 0. The number of alkyl halides is 9. The van der Waals surface area contributed by atoms with Crippen molar-refractivity contribution < 1.29 is 79.2 Å².